The van der Waals surface area contributed by atoms with Gasteiger partial charge in [0.2, 0.25) is 5.91 Å². The number of Topliss-reactive ketones (excluding diaryl/α,β-unsaturated/α-hetero) is 1. The quantitative estimate of drug-likeness (QED) is 0.249. The summed E-state index contributed by atoms with van der Waals surface area (Å²) in [5.41, 5.74) is 3.27. The van der Waals surface area contributed by atoms with Crippen LogP contribution in [0.4, 0.5) is 5.69 Å². The minimum Gasteiger partial charge on any atom is -0.486 e. The third-order valence-corrected chi connectivity index (χ3v) is 6.36. The summed E-state index contributed by atoms with van der Waals surface area (Å²) in [6.45, 7) is 5.58. The van der Waals surface area contributed by atoms with Crippen LogP contribution >= 0.6 is 11.8 Å². The second-order valence-electron chi connectivity index (χ2n) is 8.05. The molecule has 0 saturated carbocycles. The maximum Gasteiger partial charge on any atom is 0.237 e. The Kier molecular flexibility index (Phi) is 7.62. The molecule has 1 heterocycles. The van der Waals surface area contributed by atoms with Crippen molar-refractivity contribution in [2.24, 2.45) is 0 Å². The summed E-state index contributed by atoms with van der Waals surface area (Å²) in [4.78, 5) is 24.3. The van der Waals surface area contributed by atoms with Gasteiger partial charge in [-0.05, 0) is 69.3 Å². The van der Waals surface area contributed by atoms with Crippen LogP contribution in [0.5, 0.6) is 5.75 Å². The molecule has 1 amide bonds. The van der Waals surface area contributed by atoms with Crippen molar-refractivity contribution < 1.29 is 14.3 Å². The Morgan fingerprint density at radius 2 is 1.66 bits per heavy atom. The molecule has 0 fully saturated rings. The van der Waals surface area contributed by atoms with Crippen LogP contribution in [0.3, 0.4) is 0 Å². The molecule has 0 aliphatic heterocycles. The Morgan fingerprint density at radius 1 is 0.971 bits per heavy atom. The van der Waals surface area contributed by atoms with Crippen LogP contribution in [0.25, 0.3) is 5.69 Å². The van der Waals surface area contributed by atoms with Crippen LogP contribution in [0, 0.1) is 6.92 Å². The third kappa shape index (κ3) is 6.16. The van der Waals surface area contributed by atoms with Crippen LogP contribution in [0.2, 0.25) is 0 Å². The van der Waals surface area contributed by atoms with E-state index in [1.54, 1.807) is 24.3 Å². The van der Waals surface area contributed by atoms with Crippen molar-refractivity contribution in [1.29, 1.82) is 0 Å². The van der Waals surface area contributed by atoms with E-state index in [2.05, 4.69) is 15.5 Å². The average Bonchev–Trinajstić information content (AvgIpc) is 3.26. The second kappa shape index (κ2) is 11.0. The number of amides is 1. The Hall–Kier alpha value is -3.91. The third-order valence-electron chi connectivity index (χ3n) is 5.31. The first-order chi connectivity index (χ1) is 16.9. The number of hydrogen-bond acceptors (Lipinski definition) is 6. The van der Waals surface area contributed by atoms with Gasteiger partial charge in [-0.3, -0.25) is 14.2 Å². The zero-order valence-electron chi connectivity index (χ0n) is 19.8. The van der Waals surface area contributed by atoms with Gasteiger partial charge in [0, 0.05) is 16.9 Å². The molecule has 3 aromatic carbocycles. The van der Waals surface area contributed by atoms with Crippen LogP contribution in [0.15, 0.2) is 84.0 Å². The number of carbonyl (C=O) groups excluding carboxylic acids is 2. The van der Waals surface area contributed by atoms with Crippen molar-refractivity contribution in [2.45, 2.75) is 37.8 Å². The Labute approximate surface area is 208 Å². The fourth-order valence-corrected chi connectivity index (χ4v) is 4.22. The second-order valence-corrected chi connectivity index (χ2v) is 9.36. The van der Waals surface area contributed by atoms with Crippen LogP contribution in [-0.4, -0.2) is 31.7 Å². The predicted octanol–water partition coefficient (Wildman–Crippen LogP) is 5.48. The van der Waals surface area contributed by atoms with Gasteiger partial charge >= 0.3 is 0 Å². The molecule has 0 aliphatic rings. The number of anilines is 1. The van der Waals surface area contributed by atoms with Gasteiger partial charge in [0.25, 0.3) is 0 Å². The van der Waals surface area contributed by atoms with Gasteiger partial charge in [-0.25, -0.2) is 0 Å². The lowest BCUT2D eigenvalue weighted by molar-refractivity contribution is -0.115. The number of nitrogens with one attached hydrogen (secondary N) is 1. The Balaban J connectivity index is 1.50. The summed E-state index contributed by atoms with van der Waals surface area (Å²) >= 11 is 1.31. The minimum atomic E-state index is -0.444. The van der Waals surface area contributed by atoms with Crippen molar-refractivity contribution in [3.8, 4) is 11.4 Å². The van der Waals surface area contributed by atoms with Gasteiger partial charge < -0.3 is 10.1 Å². The number of para-hydroxylation sites is 1. The van der Waals surface area contributed by atoms with Crippen molar-refractivity contribution in [2.75, 3.05) is 5.32 Å². The maximum atomic E-state index is 12.8. The predicted molar refractivity (Wildman–Crippen MR) is 137 cm³/mol. The van der Waals surface area contributed by atoms with Crippen LogP contribution in [0.1, 0.15) is 35.6 Å². The highest BCUT2D eigenvalue weighted by atomic mass is 32.2. The molecule has 1 aromatic heterocycles. The number of carbonyl (C=O) groups is 2. The molecular weight excluding hydrogens is 460 g/mol. The zero-order chi connectivity index (χ0) is 24.8. The number of ketones is 1. The van der Waals surface area contributed by atoms with E-state index < -0.39 is 5.25 Å². The fraction of sp³-hybridized carbons (Fsp3) is 0.185. The number of benzene rings is 3. The molecule has 0 radical (unpaired) electrons. The lowest BCUT2D eigenvalue weighted by Crippen LogP contribution is -2.23. The van der Waals surface area contributed by atoms with Crippen LogP contribution in [-0.2, 0) is 11.4 Å². The lowest BCUT2D eigenvalue weighted by Gasteiger charge is -2.14. The van der Waals surface area contributed by atoms with Crippen molar-refractivity contribution >= 4 is 29.1 Å². The molecular formula is C27H26N4O3S. The molecule has 1 atom stereocenters. The van der Waals surface area contributed by atoms with E-state index in [0.29, 0.717) is 22.2 Å². The molecule has 8 heteroatoms. The van der Waals surface area contributed by atoms with Gasteiger partial charge in [-0.1, -0.05) is 47.7 Å². The highest BCUT2D eigenvalue weighted by molar-refractivity contribution is 8.00. The summed E-state index contributed by atoms with van der Waals surface area (Å²) in [6.07, 6.45) is 0. The van der Waals surface area contributed by atoms with Gasteiger partial charge in [-0.15, -0.1) is 10.2 Å². The van der Waals surface area contributed by atoms with E-state index in [1.165, 1.54) is 18.7 Å². The number of hydrogen-bond donors (Lipinski definition) is 1. The largest absolute Gasteiger partial charge is 0.486 e. The number of aryl methyl sites for hydroxylation is 1. The summed E-state index contributed by atoms with van der Waals surface area (Å²) in [6, 6.07) is 24.4. The summed E-state index contributed by atoms with van der Waals surface area (Å²) < 4.78 is 7.85. The van der Waals surface area contributed by atoms with E-state index >= 15 is 0 Å². The van der Waals surface area contributed by atoms with E-state index in [4.69, 9.17) is 4.74 Å². The average molecular weight is 487 g/mol. The molecule has 4 aromatic rings. The fourth-order valence-electron chi connectivity index (χ4n) is 3.33. The van der Waals surface area contributed by atoms with Gasteiger partial charge in [0.1, 0.15) is 12.4 Å². The summed E-state index contributed by atoms with van der Waals surface area (Å²) in [5.74, 6) is 1.18. The molecule has 1 N–H and O–H groups in total. The Bertz CT molecular complexity index is 1300. The lowest BCUT2D eigenvalue weighted by atomic mass is 10.1. The molecule has 0 spiro atoms. The van der Waals surface area contributed by atoms with Crippen molar-refractivity contribution in [3.05, 3.63) is 95.8 Å². The molecule has 178 valence electrons. The number of rotatable bonds is 9. The standard InChI is InChI=1S/C27H26N4O3S/c1-18-9-15-24(16-10-18)34-17-25-29-30-27(31(25)23-7-5-4-6-8-23)35-20(3)26(33)28-22-13-11-21(12-14-22)19(2)32/h4-16,20H,17H2,1-3H3,(H,28,33). The monoisotopic (exact) mass is 486 g/mol. The maximum absolute atomic E-state index is 12.8. The SMILES string of the molecule is CC(=O)c1ccc(NC(=O)C(C)Sc2nnc(COc3ccc(C)cc3)n2-c2ccccc2)cc1. The molecule has 1 unspecified atom stereocenters. The number of aromatic nitrogens is 3. The molecule has 0 saturated heterocycles. The zero-order valence-corrected chi connectivity index (χ0v) is 20.6. The molecule has 4 rings (SSSR count). The van der Waals surface area contributed by atoms with Gasteiger partial charge in [-0.2, -0.15) is 0 Å². The van der Waals surface area contributed by atoms with E-state index in [9.17, 15) is 9.59 Å². The van der Waals surface area contributed by atoms with Crippen LogP contribution < -0.4 is 10.1 Å². The highest BCUT2D eigenvalue weighted by Crippen LogP contribution is 2.27. The molecule has 0 bridgehead atoms. The number of thioether (sulfide) groups is 1. The van der Waals surface area contributed by atoms with Gasteiger partial charge in [0.15, 0.2) is 16.8 Å². The van der Waals surface area contributed by atoms with E-state index in [-0.39, 0.29) is 18.3 Å². The minimum absolute atomic E-state index is 0.0192. The molecule has 7 nitrogen and oxygen atoms in total. The first-order valence-electron chi connectivity index (χ1n) is 11.2. The molecule has 35 heavy (non-hydrogen) atoms. The number of nitrogens with zero attached hydrogens (tertiary/aromatic N) is 3. The van der Waals surface area contributed by atoms with Crippen molar-refractivity contribution in [3.63, 3.8) is 0 Å². The molecule has 0 aliphatic carbocycles. The smallest absolute Gasteiger partial charge is 0.237 e. The first-order valence-corrected chi connectivity index (χ1v) is 12.1. The topological polar surface area (TPSA) is 86.1 Å². The van der Waals surface area contributed by atoms with E-state index in [0.717, 1.165) is 17.0 Å². The summed E-state index contributed by atoms with van der Waals surface area (Å²) in [7, 11) is 0. The summed E-state index contributed by atoms with van der Waals surface area (Å²) in [5, 5.41) is 11.7. The van der Waals surface area contributed by atoms with Gasteiger partial charge in [0.05, 0.1) is 5.25 Å². The Morgan fingerprint density at radius 3 is 2.31 bits per heavy atom. The number of ether oxygens (including phenoxy) is 1. The van der Waals surface area contributed by atoms with Crippen molar-refractivity contribution in [1.82, 2.24) is 14.8 Å². The van der Waals surface area contributed by atoms with E-state index in [1.807, 2.05) is 73.0 Å². The normalized spacial score (nSPS) is 11.6. The first kappa shape index (κ1) is 24.2. The highest BCUT2D eigenvalue weighted by Gasteiger charge is 2.21.